The summed E-state index contributed by atoms with van der Waals surface area (Å²) in [6, 6.07) is 9.48. The van der Waals surface area contributed by atoms with E-state index in [-0.39, 0.29) is 5.91 Å². The molecule has 0 atom stereocenters. The van der Waals surface area contributed by atoms with E-state index in [0.29, 0.717) is 5.69 Å². The van der Waals surface area contributed by atoms with Crippen molar-refractivity contribution in [3.05, 3.63) is 46.7 Å². The molecular weight excluding hydrogens is 300 g/mol. The Hall–Kier alpha value is -1.20. The van der Waals surface area contributed by atoms with E-state index in [1.54, 1.807) is 24.0 Å². The van der Waals surface area contributed by atoms with Gasteiger partial charge in [-0.25, -0.2) is 0 Å². The van der Waals surface area contributed by atoms with Crippen LogP contribution < -0.4 is 5.32 Å². The highest BCUT2D eigenvalue weighted by molar-refractivity contribution is 9.10. The Kier molecular flexibility index (Phi) is 3.91. The number of halogens is 1. The molecule has 1 aromatic heterocycles. The highest BCUT2D eigenvalue weighted by atomic mass is 79.9. The van der Waals surface area contributed by atoms with Crippen molar-refractivity contribution in [2.45, 2.75) is 4.90 Å². The molecule has 0 radical (unpaired) electrons. The van der Waals surface area contributed by atoms with Gasteiger partial charge in [0, 0.05) is 21.3 Å². The second kappa shape index (κ2) is 5.42. The van der Waals surface area contributed by atoms with Crippen LogP contribution in [0.25, 0.3) is 0 Å². The van der Waals surface area contributed by atoms with Crippen LogP contribution in [0.3, 0.4) is 0 Å². The first kappa shape index (κ1) is 12.3. The van der Waals surface area contributed by atoms with Crippen molar-refractivity contribution >= 4 is 39.3 Å². The van der Waals surface area contributed by atoms with Gasteiger partial charge in [-0.1, -0.05) is 0 Å². The average Bonchev–Trinajstić information content (AvgIpc) is 2.77. The van der Waals surface area contributed by atoms with Crippen molar-refractivity contribution in [1.29, 1.82) is 0 Å². The number of H-pyrrole nitrogens is 1. The number of hydrogen-bond donors (Lipinski definition) is 2. The van der Waals surface area contributed by atoms with Crippen LogP contribution in [0.15, 0.2) is 45.9 Å². The number of benzene rings is 1. The summed E-state index contributed by atoms with van der Waals surface area (Å²) >= 11 is 4.96. The second-order valence-corrected chi connectivity index (χ2v) is 5.21. The number of aromatic nitrogens is 1. The molecule has 0 unspecified atom stereocenters. The topological polar surface area (TPSA) is 44.9 Å². The van der Waals surface area contributed by atoms with Gasteiger partial charge in [-0.3, -0.25) is 4.79 Å². The summed E-state index contributed by atoms with van der Waals surface area (Å²) in [7, 11) is 0. The molecule has 0 saturated carbocycles. The van der Waals surface area contributed by atoms with E-state index in [1.165, 1.54) is 4.90 Å². The van der Waals surface area contributed by atoms with Crippen LogP contribution in [0.4, 0.5) is 5.69 Å². The van der Waals surface area contributed by atoms with E-state index in [4.69, 9.17) is 0 Å². The van der Waals surface area contributed by atoms with Crippen molar-refractivity contribution in [2.24, 2.45) is 0 Å². The molecule has 0 aliphatic heterocycles. The van der Waals surface area contributed by atoms with Crippen LogP contribution in [0.2, 0.25) is 0 Å². The van der Waals surface area contributed by atoms with Crippen LogP contribution in [0.5, 0.6) is 0 Å². The third-order valence-corrected chi connectivity index (χ3v) is 3.44. The molecule has 2 N–H and O–H groups in total. The molecular formula is C12H11BrN2OS. The number of aromatic amines is 1. The largest absolute Gasteiger partial charge is 0.356 e. The summed E-state index contributed by atoms with van der Waals surface area (Å²) in [5, 5.41) is 2.82. The Morgan fingerprint density at radius 3 is 2.59 bits per heavy atom. The number of hydrogen-bond acceptors (Lipinski definition) is 2. The number of carbonyl (C=O) groups excluding carboxylic acids is 1. The molecule has 0 aliphatic carbocycles. The molecule has 0 fully saturated rings. The molecule has 0 aliphatic rings. The van der Waals surface area contributed by atoms with E-state index < -0.39 is 0 Å². The summed E-state index contributed by atoms with van der Waals surface area (Å²) in [6.07, 6.45) is 3.75. The standard InChI is InChI=1S/C12H11BrN2OS/c1-17-10-4-2-9(3-5-10)15-12(16)11-6-8(13)7-14-11/h2-7,14H,1H3,(H,15,16). The van der Waals surface area contributed by atoms with Crippen LogP contribution in [-0.2, 0) is 0 Å². The van der Waals surface area contributed by atoms with Gasteiger partial charge in [0.15, 0.2) is 0 Å². The molecule has 2 aromatic rings. The molecule has 5 heteroatoms. The third-order valence-electron chi connectivity index (χ3n) is 2.24. The van der Waals surface area contributed by atoms with E-state index in [1.807, 2.05) is 30.5 Å². The van der Waals surface area contributed by atoms with E-state index in [0.717, 1.165) is 10.2 Å². The summed E-state index contributed by atoms with van der Waals surface area (Å²) < 4.78 is 0.861. The molecule has 1 amide bonds. The van der Waals surface area contributed by atoms with Crippen LogP contribution in [-0.4, -0.2) is 17.1 Å². The van der Waals surface area contributed by atoms with Gasteiger partial charge in [0.25, 0.3) is 5.91 Å². The lowest BCUT2D eigenvalue weighted by molar-refractivity contribution is 0.102. The number of rotatable bonds is 3. The van der Waals surface area contributed by atoms with Gasteiger partial charge in [0.05, 0.1) is 0 Å². The van der Waals surface area contributed by atoms with Gasteiger partial charge >= 0.3 is 0 Å². The number of carbonyl (C=O) groups is 1. The summed E-state index contributed by atoms with van der Waals surface area (Å²) in [4.78, 5) is 15.9. The first-order valence-corrected chi connectivity index (χ1v) is 7.00. The zero-order chi connectivity index (χ0) is 12.3. The zero-order valence-electron chi connectivity index (χ0n) is 9.16. The summed E-state index contributed by atoms with van der Waals surface area (Å²) in [5.74, 6) is -0.146. The van der Waals surface area contributed by atoms with Crippen LogP contribution >= 0.6 is 27.7 Å². The predicted octanol–water partition coefficient (Wildman–Crippen LogP) is 3.75. The Morgan fingerprint density at radius 1 is 1.35 bits per heavy atom. The van der Waals surface area contributed by atoms with Gasteiger partial charge in [-0.05, 0) is 52.5 Å². The fraction of sp³-hybridized carbons (Fsp3) is 0.0833. The minimum absolute atomic E-state index is 0.146. The predicted molar refractivity (Wildman–Crippen MR) is 74.7 cm³/mol. The first-order chi connectivity index (χ1) is 8.19. The molecule has 2 rings (SSSR count). The molecule has 0 bridgehead atoms. The smallest absolute Gasteiger partial charge is 0.272 e. The maximum absolute atomic E-state index is 11.8. The van der Waals surface area contributed by atoms with E-state index >= 15 is 0 Å². The SMILES string of the molecule is CSc1ccc(NC(=O)c2cc(Br)c[nH]2)cc1. The highest BCUT2D eigenvalue weighted by Gasteiger charge is 2.07. The monoisotopic (exact) mass is 310 g/mol. The molecule has 1 heterocycles. The molecule has 88 valence electrons. The summed E-state index contributed by atoms with van der Waals surface area (Å²) in [6.45, 7) is 0. The normalized spacial score (nSPS) is 10.2. The lowest BCUT2D eigenvalue weighted by Gasteiger charge is -2.04. The molecule has 0 saturated heterocycles. The van der Waals surface area contributed by atoms with Gasteiger partial charge in [-0.2, -0.15) is 0 Å². The van der Waals surface area contributed by atoms with Gasteiger partial charge in [0.2, 0.25) is 0 Å². The Morgan fingerprint density at radius 2 is 2.06 bits per heavy atom. The Bertz CT molecular complexity index is 522. The zero-order valence-corrected chi connectivity index (χ0v) is 11.6. The molecule has 17 heavy (non-hydrogen) atoms. The minimum atomic E-state index is -0.146. The lowest BCUT2D eigenvalue weighted by atomic mass is 10.3. The average molecular weight is 311 g/mol. The Balaban J connectivity index is 2.07. The summed E-state index contributed by atoms with van der Waals surface area (Å²) in [5.41, 5.74) is 1.32. The van der Waals surface area contributed by atoms with E-state index in [2.05, 4.69) is 26.2 Å². The van der Waals surface area contributed by atoms with Crippen molar-refractivity contribution in [3.63, 3.8) is 0 Å². The van der Waals surface area contributed by atoms with Crippen molar-refractivity contribution in [2.75, 3.05) is 11.6 Å². The van der Waals surface area contributed by atoms with Crippen molar-refractivity contribution < 1.29 is 4.79 Å². The van der Waals surface area contributed by atoms with Crippen LogP contribution in [0.1, 0.15) is 10.5 Å². The van der Waals surface area contributed by atoms with Gasteiger partial charge in [-0.15, -0.1) is 11.8 Å². The fourth-order valence-corrected chi connectivity index (χ4v) is 2.12. The van der Waals surface area contributed by atoms with Gasteiger partial charge < -0.3 is 10.3 Å². The van der Waals surface area contributed by atoms with Crippen molar-refractivity contribution in [1.82, 2.24) is 4.98 Å². The third kappa shape index (κ3) is 3.14. The molecule has 1 aromatic carbocycles. The molecule has 0 spiro atoms. The number of nitrogens with one attached hydrogen (secondary N) is 2. The maximum Gasteiger partial charge on any atom is 0.272 e. The minimum Gasteiger partial charge on any atom is -0.356 e. The number of amides is 1. The number of thioether (sulfide) groups is 1. The Labute approximate surface area is 112 Å². The lowest BCUT2D eigenvalue weighted by Crippen LogP contribution is -2.11. The fourth-order valence-electron chi connectivity index (χ4n) is 1.37. The van der Waals surface area contributed by atoms with Crippen LogP contribution in [0, 0.1) is 0 Å². The molecule has 3 nitrogen and oxygen atoms in total. The highest BCUT2D eigenvalue weighted by Crippen LogP contribution is 2.18. The van der Waals surface area contributed by atoms with Crippen molar-refractivity contribution in [3.8, 4) is 0 Å². The van der Waals surface area contributed by atoms with Gasteiger partial charge in [0.1, 0.15) is 5.69 Å². The first-order valence-electron chi connectivity index (χ1n) is 4.98. The number of anilines is 1. The van der Waals surface area contributed by atoms with E-state index in [9.17, 15) is 4.79 Å². The maximum atomic E-state index is 11.8. The quantitative estimate of drug-likeness (QED) is 0.848. The second-order valence-electron chi connectivity index (χ2n) is 3.41.